The molecule has 2 amide bonds. The summed E-state index contributed by atoms with van der Waals surface area (Å²) in [7, 11) is -3.58. The molecule has 2 aliphatic rings. The summed E-state index contributed by atoms with van der Waals surface area (Å²) in [6.07, 6.45) is 1.95. The average molecular weight is 462 g/mol. The molecule has 2 heterocycles. The Morgan fingerprint density at radius 3 is 2.48 bits per heavy atom. The summed E-state index contributed by atoms with van der Waals surface area (Å²) in [4.78, 5) is 27.1. The fraction of sp³-hybridized carbons (Fsp3) is 0.364. The Labute approximate surface area is 187 Å². The highest BCUT2D eigenvalue weighted by Crippen LogP contribution is 2.36. The maximum atomic E-state index is 13.1. The highest BCUT2D eigenvalue weighted by Gasteiger charge is 2.38. The summed E-state index contributed by atoms with van der Waals surface area (Å²) >= 11 is 6.05. The first-order chi connectivity index (χ1) is 14.7. The van der Waals surface area contributed by atoms with Crippen molar-refractivity contribution in [2.45, 2.75) is 44.0 Å². The van der Waals surface area contributed by atoms with Crippen LogP contribution in [0.25, 0.3) is 0 Å². The van der Waals surface area contributed by atoms with E-state index in [2.05, 4.69) is 5.32 Å². The van der Waals surface area contributed by atoms with E-state index in [0.29, 0.717) is 35.1 Å². The first-order valence-corrected chi connectivity index (χ1v) is 12.0. The van der Waals surface area contributed by atoms with Gasteiger partial charge in [0.05, 0.1) is 4.90 Å². The quantitative estimate of drug-likeness (QED) is 0.756. The SMILES string of the molecule is CC(=O)N1c2ccc(S(=O)(=O)N3CCCC3)cc2CC1C(=O)Nc1cc(Cl)ccc1C. The number of nitrogens with zero attached hydrogens (tertiary/aromatic N) is 2. The third-order valence-corrected chi connectivity index (χ3v) is 7.97. The lowest BCUT2D eigenvalue weighted by Crippen LogP contribution is -2.44. The third-order valence-electron chi connectivity index (χ3n) is 5.84. The van der Waals surface area contributed by atoms with Gasteiger partial charge in [0.2, 0.25) is 21.8 Å². The number of fused-ring (bicyclic) bond motifs is 1. The van der Waals surface area contributed by atoms with Crippen molar-refractivity contribution in [1.29, 1.82) is 0 Å². The van der Waals surface area contributed by atoms with Gasteiger partial charge < -0.3 is 5.32 Å². The largest absolute Gasteiger partial charge is 0.324 e. The zero-order chi connectivity index (χ0) is 22.3. The second-order valence-electron chi connectivity index (χ2n) is 7.96. The molecule has 1 unspecified atom stereocenters. The van der Waals surface area contributed by atoms with Crippen molar-refractivity contribution >= 4 is 44.8 Å². The van der Waals surface area contributed by atoms with Crippen molar-refractivity contribution in [3.63, 3.8) is 0 Å². The number of amides is 2. The smallest absolute Gasteiger partial charge is 0.247 e. The van der Waals surface area contributed by atoms with Gasteiger partial charge in [0.25, 0.3) is 0 Å². The Kier molecular flexibility index (Phi) is 5.81. The lowest BCUT2D eigenvalue weighted by Gasteiger charge is -2.24. The van der Waals surface area contributed by atoms with E-state index in [9.17, 15) is 18.0 Å². The molecule has 2 aromatic carbocycles. The zero-order valence-electron chi connectivity index (χ0n) is 17.4. The topological polar surface area (TPSA) is 86.8 Å². The van der Waals surface area contributed by atoms with Crippen LogP contribution < -0.4 is 10.2 Å². The molecule has 0 aliphatic carbocycles. The molecule has 164 valence electrons. The van der Waals surface area contributed by atoms with Crippen LogP contribution in [0.1, 0.15) is 30.9 Å². The normalized spacial score (nSPS) is 18.8. The number of rotatable bonds is 4. The second kappa shape index (κ2) is 8.26. The van der Waals surface area contributed by atoms with E-state index < -0.39 is 16.1 Å². The number of hydrogen-bond donors (Lipinski definition) is 1. The van der Waals surface area contributed by atoms with Gasteiger partial charge >= 0.3 is 0 Å². The number of anilines is 2. The van der Waals surface area contributed by atoms with Gasteiger partial charge in [0.1, 0.15) is 6.04 Å². The summed E-state index contributed by atoms with van der Waals surface area (Å²) in [5.41, 5.74) is 2.66. The van der Waals surface area contributed by atoms with Gasteiger partial charge in [0.15, 0.2) is 0 Å². The molecular weight excluding hydrogens is 438 g/mol. The van der Waals surface area contributed by atoms with E-state index in [4.69, 9.17) is 11.6 Å². The van der Waals surface area contributed by atoms with E-state index in [1.165, 1.54) is 22.2 Å². The van der Waals surface area contributed by atoms with Crippen molar-refractivity contribution < 1.29 is 18.0 Å². The van der Waals surface area contributed by atoms with E-state index in [1.807, 2.05) is 6.92 Å². The van der Waals surface area contributed by atoms with Crippen molar-refractivity contribution in [1.82, 2.24) is 4.31 Å². The molecule has 7 nitrogen and oxygen atoms in total. The molecule has 1 saturated heterocycles. The minimum Gasteiger partial charge on any atom is -0.324 e. The van der Waals surface area contributed by atoms with Gasteiger partial charge in [-0.05, 0) is 61.2 Å². The summed E-state index contributed by atoms with van der Waals surface area (Å²) in [5, 5.41) is 3.35. The maximum absolute atomic E-state index is 13.1. The highest BCUT2D eigenvalue weighted by molar-refractivity contribution is 7.89. The number of nitrogens with one attached hydrogen (secondary N) is 1. The predicted octanol–water partition coefficient (Wildman–Crippen LogP) is 3.35. The van der Waals surface area contributed by atoms with Crippen LogP contribution in [-0.4, -0.2) is 43.7 Å². The number of benzene rings is 2. The summed E-state index contributed by atoms with van der Waals surface area (Å²) in [5.74, 6) is -0.627. The molecule has 1 fully saturated rings. The van der Waals surface area contributed by atoms with Crippen LogP contribution in [0.5, 0.6) is 0 Å². The number of sulfonamides is 1. The Bertz CT molecular complexity index is 1160. The van der Waals surface area contributed by atoms with Gasteiger partial charge in [-0.1, -0.05) is 17.7 Å². The molecule has 0 spiro atoms. The fourth-order valence-corrected chi connectivity index (χ4v) is 5.95. The fourth-order valence-electron chi connectivity index (χ4n) is 4.21. The molecule has 0 aromatic heterocycles. The summed E-state index contributed by atoms with van der Waals surface area (Å²) in [6.45, 7) is 4.29. The molecule has 9 heteroatoms. The standard InChI is InChI=1S/C22H24ClN3O4S/c1-14-5-6-17(23)13-19(14)24-22(28)21-12-16-11-18(7-8-20(16)26(21)15(2)27)31(29,30)25-9-3-4-10-25/h5-8,11,13,21H,3-4,9-10,12H2,1-2H3,(H,24,28). The Morgan fingerprint density at radius 1 is 1.10 bits per heavy atom. The van der Waals surface area contributed by atoms with Crippen LogP contribution in [0.3, 0.4) is 0 Å². The lowest BCUT2D eigenvalue weighted by molar-refractivity contribution is -0.122. The zero-order valence-corrected chi connectivity index (χ0v) is 19.0. The number of carbonyl (C=O) groups is 2. The highest BCUT2D eigenvalue weighted by atomic mass is 35.5. The van der Waals surface area contributed by atoms with Gasteiger partial charge in [-0.2, -0.15) is 4.31 Å². The summed E-state index contributed by atoms with van der Waals surface area (Å²) < 4.78 is 27.3. The third kappa shape index (κ3) is 4.07. The van der Waals surface area contributed by atoms with Gasteiger partial charge in [-0.25, -0.2) is 8.42 Å². The predicted molar refractivity (Wildman–Crippen MR) is 120 cm³/mol. The monoisotopic (exact) mass is 461 g/mol. The average Bonchev–Trinajstić information content (AvgIpc) is 3.38. The lowest BCUT2D eigenvalue weighted by atomic mass is 10.1. The van der Waals surface area contributed by atoms with Crippen LogP contribution in [0.15, 0.2) is 41.3 Å². The van der Waals surface area contributed by atoms with Crippen LogP contribution in [-0.2, 0) is 26.0 Å². The minimum absolute atomic E-state index is 0.198. The van der Waals surface area contributed by atoms with Crippen molar-refractivity contribution in [2.24, 2.45) is 0 Å². The second-order valence-corrected chi connectivity index (χ2v) is 10.3. The van der Waals surface area contributed by atoms with Crippen molar-refractivity contribution in [3.8, 4) is 0 Å². The van der Waals surface area contributed by atoms with Gasteiger partial charge in [-0.15, -0.1) is 0 Å². The number of hydrogen-bond acceptors (Lipinski definition) is 4. The minimum atomic E-state index is -3.58. The number of halogens is 1. The van der Waals surface area contributed by atoms with E-state index in [-0.39, 0.29) is 23.1 Å². The summed E-state index contributed by atoms with van der Waals surface area (Å²) in [6, 6.07) is 9.17. The Hall–Kier alpha value is -2.42. The molecule has 2 aliphatic heterocycles. The molecule has 0 radical (unpaired) electrons. The Balaban J connectivity index is 1.63. The molecule has 4 rings (SSSR count). The van der Waals surface area contributed by atoms with Crippen LogP contribution in [0.2, 0.25) is 5.02 Å². The molecule has 1 atom stereocenters. The van der Waals surface area contributed by atoms with Gasteiger partial charge in [0, 0.05) is 42.8 Å². The van der Waals surface area contributed by atoms with Crippen LogP contribution >= 0.6 is 11.6 Å². The van der Waals surface area contributed by atoms with Crippen LogP contribution in [0.4, 0.5) is 11.4 Å². The van der Waals surface area contributed by atoms with Crippen molar-refractivity contribution in [2.75, 3.05) is 23.3 Å². The molecular formula is C22H24ClN3O4S. The first-order valence-electron chi connectivity index (χ1n) is 10.2. The van der Waals surface area contributed by atoms with E-state index in [1.54, 1.807) is 30.3 Å². The number of carbonyl (C=O) groups excluding carboxylic acids is 2. The van der Waals surface area contributed by atoms with E-state index >= 15 is 0 Å². The molecule has 1 N–H and O–H groups in total. The van der Waals surface area contributed by atoms with E-state index in [0.717, 1.165) is 18.4 Å². The van der Waals surface area contributed by atoms with Crippen molar-refractivity contribution in [3.05, 3.63) is 52.5 Å². The van der Waals surface area contributed by atoms with Crippen LogP contribution in [0, 0.1) is 6.92 Å². The molecule has 0 saturated carbocycles. The Morgan fingerprint density at radius 2 is 1.81 bits per heavy atom. The molecule has 31 heavy (non-hydrogen) atoms. The molecule has 0 bridgehead atoms. The number of aryl methyl sites for hydroxylation is 1. The molecule has 2 aromatic rings. The maximum Gasteiger partial charge on any atom is 0.247 e. The first kappa shape index (κ1) is 21.8. The van der Waals surface area contributed by atoms with Gasteiger partial charge in [-0.3, -0.25) is 14.5 Å².